The molecule has 34 heavy (non-hydrogen) atoms. The van der Waals surface area contributed by atoms with E-state index >= 15 is 0 Å². The predicted molar refractivity (Wildman–Crippen MR) is 126 cm³/mol. The van der Waals surface area contributed by atoms with E-state index in [1.807, 2.05) is 0 Å². The Balaban J connectivity index is 2.26. The van der Waals surface area contributed by atoms with Crippen molar-refractivity contribution < 1.29 is 29.1 Å². The van der Waals surface area contributed by atoms with Gasteiger partial charge in [0.05, 0.1) is 23.2 Å². The summed E-state index contributed by atoms with van der Waals surface area (Å²) >= 11 is 6.01. The Hall–Kier alpha value is -3.14. The molecule has 0 aromatic heterocycles. The van der Waals surface area contributed by atoms with E-state index in [0.717, 1.165) is 0 Å². The van der Waals surface area contributed by atoms with Crippen LogP contribution >= 0.6 is 11.6 Å². The van der Waals surface area contributed by atoms with Crippen molar-refractivity contribution in [3.05, 3.63) is 28.8 Å². The van der Waals surface area contributed by atoms with Gasteiger partial charge >= 0.3 is 5.97 Å². The zero-order valence-corrected chi connectivity index (χ0v) is 20.3. The minimum absolute atomic E-state index is 0.213. The summed E-state index contributed by atoms with van der Waals surface area (Å²) in [4.78, 5) is 63.0. The van der Waals surface area contributed by atoms with E-state index in [1.165, 1.54) is 23.1 Å². The van der Waals surface area contributed by atoms with Crippen molar-refractivity contribution in [2.24, 2.45) is 11.8 Å². The summed E-state index contributed by atoms with van der Waals surface area (Å²) < 4.78 is 0. The standard InChI is InChI=1S/C23H31ClN4O6/c1-11(2)19(27-21(32)14-5-6-17(25)16(24)8-14)23(34)28-13(4)7-12(3)20(28)22(33)26-15(10-29)9-18(30)31/h5-6,8,10-13,15,19-20H,7,9,25H2,1-4H3,(H,26,33)(H,27,32)(H,30,31)/t12?,13?,15-,19?,20?/m0/s1. The van der Waals surface area contributed by atoms with Gasteiger partial charge in [0.1, 0.15) is 18.4 Å². The van der Waals surface area contributed by atoms with Crippen molar-refractivity contribution in [1.82, 2.24) is 15.5 Å². The lowest BCUT2D eigenvalue weighted by molar-refractivity contribution is -0.144. The van der Waals surface area contributed by atoms with E-state index in [-0.39, 0.29) is 28.5 Å². The van der Waals surface area contributed by atoms with Crippen LogP contribution in [-0.2, 0) is 19.2 Å². The van der Waals surface area contributed by atoms with Crippen molar-refractivity contribution in [1.29, 1.82) is 0 Å². The number of rotatable bonds is 9. The number of aldehydes is 1. The number of aliphatic carboxylic acids is 1. The number of carboxylic acid groups (broad SMARTS) is 1. The maximum Gasteiger partial charge on any atom is 0.305 e. The molecule has 1 aliphatic rings. The monoisotopic (exact) mass is 494 g/mol. The molecule has 1 fully saturated rings. The van der Waals surface area contributed by atoms with Crippen LogP contribution in [0.5, 0.6) is 0 Å². The van der Waals surface area contributed by atoms with E-state index < -0.39 is 48.2 Å². The average Bonchev–Trinajstić information content (AvgIpc) is 3.05. The van der Waals surface area contributed by atoms with E-state index in [4.69, 9.17) is 22.4 Å². The van der Waals surface area contributed by atoms with Crippen LogP contribution in [0.3, 0.4) is 0 Å². The number of amides is 3. The summed E-state index contributed by atoms with van der Waals surface area (Å²) in [6.45, 7) is 7.15. The van der Waals surface area contributed by atoms with Gasteiger partial charge < -0.3 is 31.2 Å². The molecule has 1 saturated heterocycles. The number of nitrogen functional groups attached to an aromatic ring is 1. The van der Waals surface area contributed by atoms with Crippen molar-refractivity contribution in [2.75, 3.05) is 5.73 Å². The van der Waals surface area contributed by atoms with Crippen molar-refractivity contribution in [2.45, 2.75) is 64.7 Å². The third-order valence-corrected chi connectivity index (χ3v) is 6.25. The van der Waals surface area contributed by atoms with Gasteiger partial charge in [0, 0.05) is 11.6 Å². The van der Waals surface area contributed by atoms with Gasteiger partial charge in [-0.25, -0.2) is 0 Å². The number of likely N-dealkylation sites (tertiary alicyclic amines) is 1. The molecule has 3 amide bonds. The van der Waals surface area contributed by atoms with E-state index in [0.29, 0.717) is 18.4 Å². The third-order valence-electron chi connectivity index (χ3n) is 5.92. The summed E-state index contributed by atoms with van der Waals surface area (Å²) in [6.07, 6.45) is 0.325. The molecule has 5 atom stereocenters. The maximum atomic E-state index is 13.6. The average molecular weight is 495 g/mol. The molecular weight excluding hydrogens is 464 g/mol. The number of nitrogens with one attached hydrogen (secondary N) is 2. The SMILES string of the molecule is CC(C)C(NC(=O)c1ccc(N)c(Cl)c1)C(=O)N1C(C)CC(C)C1C(=O)N[C@H](C=O)CC(=O)O. The lowest BCUT2D eigenvalue weighted by Crippen LogP contribution is -2.58. The molecule has 2 rings (SSSR count). The van der Waals surface area contributed by atoms with Crippen LogP contribution in [0.15, 0.2) is 18.2 Å². The zero-order chi connectivity index (χ0) is 25.7. The second-order valence-corrected chi connectivity index (χ2v) is 9.44. The molecule has 1 aliphatic heterocycles. The maximum absolute atomic E-state index is 13.6. The minimum Gasteiger partial charge on any atom is -0.481 e. The summed E-state index contributed by atoms with van der Waals surface area (Å²) in [5, 5.41) is 14.3. The third kappa shape index (κ3) is 6.25. The molecule has 1 aromatic carbocycles. The Morgan fingerprint density at radius 1 is 1.24 bits per heavy atom. The first-order valence-corrected chi connectivity index (χ1v) is 11.4. The number of hydrogen-bond donors (Lipinski definition) is 4. The highest BCUT2D eigenvalue weighted by Gasteiger charge is 2.46. The van der Waals surface area contributed by atoms with Gasteiger partial charge in [0.25, 0.3) is 5.91 Å². The molecule has 0 radical (unpaired) electrons. The fraction of sp³-hybridized carbons (Fsp3) is 0.522. The molecule has 1 heterocycles. The predicted octanol–water partition coefficient (Wildman–Crippen LogP) is 1.46. The normalized spacial score (nSPS) is 21.6. The summed E-state index contributed by atoms with van der Waals surface area (Å²) in [5.41, 5.74) is 6.25. The quantitative estimate of drug-likeness (QED) is 0.298. The van der Waals surface area contributed by atoms with Gasteiger partial charge in [-0.2, -0.15) is 0 Å². The first kappa shape index (κ1) is 27.1. The van der Waals surface area contributed by atoms with Gasteiger partial charge in [-0.3, -0.25) is 19.2 Å². The Morgan fingerprint density at radius 2 is 1.88 bits per heavy atom. The van der Waals surface area contributed by atoms with Crippen LogP contribution in [-0.4, -0.2) is 64.2 Å². The van der Waals surface area contributed by atoms with Crippen LogP contribution in [0.1, 0.15) is 50.9 Å². The molecule has 0 saturated carbocycles. The molecule has 0 aliphatic carbocycles. The smallest absolute Gasteiger partial charge is 0.305 e. The summed E-state index contributed by atoms with van der Waals surface area (Å²) in [5.74, 6) is -3.34. The Labute approximate surface area is 203 Å². The van der Waals surface area contributed by atoms with Crippen molar-refractivity contribution in [3.8, 4) is 0 Å². The van der Waals surface area contributed by atoms with Gasteiger partial charge in [-0.15, -0.1) is 0 Å². The van der Waals surface area contributed by atoms with Crippen molar-refractivity contribution >= 4 is 47.3 Å². The minimum atomic E-state index is -1.23. The lowest BCUT2D eigenvalue weighted by Gasteiger charge is -2.34. The molecule has 0 spiro atoms. The van der Waals surface area contributed by atoms with Gasteiger partial charge in [-0.05, 0) is 43.4 Å². The van der Waals surface area contributed by atoms with Gasteiger partial charge in [0.2, 0.25) is 11.8 Å². The van der Waals surface area contributed by atoms with Crippen LogP contribution in [0.25, 0.3) is 0 Å². The second-order valence-electron chi connectivity index (χ2n) is 9.03. The molecular formula is C23H31ClN4O6. The lowest BCUT2D eigenvalue weighted by atomic mass is 9.99. The highest BCUT2D eigenvalue weighted by molar-refractivity contribution is 6.33. The largest absolute Gasteiger partial charge is 0.481 e. The number of carbonyl (C=O) groups is 5. The number of halogens is 1. The highest BCUT2D eigenvalue weighted by Crippen LogP contribution is 2.31. The zero-order valence-electron chi connectivity index (χ0n) is 19.6. The number of carbonyl (C=O) groups excluding carboxylic acids is 4. The number of nitrogens with zero attached hydrogens (tertiary/aromatic N) is 1. The fourth-order valence-electron chi connectivity index (χ4n) is 4.22. The first-order valence-electron chi connectivity index (χ1n) is 11.0. The van der Waals surface area contributed by atoms with Crippen LogP contribution in [0.4, 0.5) is 5.69 Å². The molecule has 1 aromatic rings. The number of benzene rings is 1. The van der Waals surface area contributed by atoms with Gasteiger partial charge in [-0.1, -0.05) is 32.4 Å². The second kappa shape index (κ2) is 11.3. The first-order chi connectivity index (χ1) is 15.9. The number of anilines is 1. The van der Waals surface area contributed by atoms with Gasteiger partial charge in [0.15, 0.2) is 0 Å². The van der Waals surface area contributed by atoms with Crippen LogP contribution in [0.2, 0.25) is 5.02 Å². The Bertz CT molecular complexity index is 969. The van der Waals surface area contributed by atoms with E-state index in [9.17, 15) is 24.0 Å². The highest BCUT2D eigenvalue weighted by atomic mass is 35.5. The summed E-state index contributed by atoms with van der Waals surface area (Å²) in [6, 6.07) is 1.03. The Kier molecular flexibility index (Phi) is 9.03. The number of nitrogens with two attached hydrogens (primary N) is 1. The molecule has 10 nitrogen and oxygen atoms in total. The van der Waals surface area contributed by atoms with E-state index in [2.05, 4.69) is 10.6 Å². The summed E-state index contributed by atoms with van der Waals surface area (Å²) in [7, 11) is 0. The number of carboxylic acids is 1. The van der Waals surface area contributed by atoms with Crippen molar-refractivity contribution in [3.63, 3.8) is 0 Å². The Morgan fingerprint density at radius 3 is 2.41 bits per heavy atom. The molecule has 0 bridgehead atoms. The fourth-order valence-corrected chi connectivity index (χ4v) is 4.40. The van der Waals surface area contributed by atoms with Crippen LogP contribution < -0.4 is 16.4 Å². The van der Waals surface area contributed by atoms with Crippen LogP contribution in [0, 0.1) is 11.8 Å². The topological polar surface area (TPSA) is 159 Å². The molecule has 186 valence electrons. The number of hydrogen-bond acceptors (Lipinski definition) is 6. The molecule has 5 N–H and O–H groups in total. The molecule has 4 unspecified atom stereocenters. The van der Waals surface area contributed by atoms with E-state index in [1.54, 1.807) is 27.7 Å². The molecule has 11 heteroatoms.